The number of benzene rings is 1. The largest absolute Gasteiger partial charge is 0.496 e. The molecule has 2 aromatic rings. The van der Waals surface area contributed by atoms with Crippen LogP contribution in [0.25, 0.3) is 10.4 Å². The van der Waals surface area contributed by atoms with E-state index < -0.39 is 11.8 Å². The van der Waals surface area contributed by atoms with Gasteiger partial charge in [0.05, 0.1) is 25.5 Å². The Morgan fingerprint density at radius 2 is 2.05 bits per heavy atom. The molecule has 1 aromatic carbocycles. The molecular weight excluding hydrogens is 281 g/mol. The molecule has 1 aromatic heterocycles. The molecule has 2 N–H and O–H groups in total. The first-order valence-corrected chi connectivity index (χ1v) is 6.63. The van der Waals surface area contributed by atoms with Crippen LogP contribution in [0.1, 0.15) is 15.2 Å². The number of anilines is 1. The van der Waals surface area contributed by atoms with Gasteiger partial charge in [0.25, 0.3) is 0 Å². The van der Waals surface area contributed by atoms with E-state index in [0.717, 1.165) is 11.3 Å². The Morgan fingerprint density at radius 1 is 1.35 bits per heavy atom. The number of carbonyl (C=O) groups is 1. The highest BCUT2D eigenvalue weighted by molar-refractivity contribution is 7.18. The first kappa shape index (κ1) is 14.3. The van der Waals surface area contributed by atoms with Gasteiger partial charge in [-0.25, -0.2) is 9.18 Å². The van der Waals surface area contributed by atoms with E-state index in [1.807, 2.05) is 0 Å². The van der Waals surface area contributed by atoms with Crippen molar-refractivity contribution in [3.63, 3.8) is 0 Å². The number of rotatable bonds is 3. The molecule has 0 radical (unpaired) electrons. The number of nitrogens with two attached hydrogens (primary N) is 1. The summed E-state index contributed by atoms with van der Waals surface area (Å²) >= 11 is 1.10. The molecule has 0 aliphatic rings. The maximum Gasteiger partial charge on any atom is 0.350 e. The van der Waals surface area contributed by atoms with Crippen LogP contribution in [0.3, 0.4) is 0 Å². The second-order valence-electron chi connectivity index (χ2n) is 4.11. The summed E-state index contributed by atoms with van der Waals surface area (Å²) in [6.45, 7) is 1.74. The lowest BCUT2D eigenvalue weighted by molar-refractivity contribution is 0.0607. The highest BCUT2D eigenvalue weighted by Gasteiger charge is 2.23. The van der Waals surface area contributed by atoms with E-state index in [9.17, 15) is 9.18 Å². The van der Waals surface area contributed by atoms with Gasteiger partial charge >= 0.3 is 5.97 Å². The Morgan fingerprint density at radius 3 is 2.65 bits per heavy atom. The van der Waals surface area contributed by atoms with Crippen molar-refractivity contribution in [1.29, 1.82) is 0 Å². The number of thiophene rings is 1. The van der Waals surface area contributed by atoms with Crippen LogP contribution in [0, 0.1) is 12.7 Å². The van der Waals surface area contributed by atoms with E-state index in [4.69, 9.17) is 10.5 Å². The molecule has 4 nitrogen and oxygen atoms in total. The van der Waals surface area contributed by atoms with E-state index in [0.29, 0.717) is 27.4 Å². The third-order valence-electron chi connectivity index (χ3n) is 2.99. The average Bonchev–Trinajstić information content (AvgIpc) is 2.74. The van der Waals surface area contributed by atoms with Gasteiger partial charge in [-0.1, -0.05) is 6.07 Å². The minimum Gasteiger partial charge on any atom is -0.496 e. The summed E-state index contributed by atoms with van der Waals surface area (Å²) in [7, 11) is 2.74. The zero-order valence-corrected chi connectivity index (χ0v) is 12.1. The minimum atomic E-state index is -0.530. The van der Waals surface area contributed by atoms with E-state index in [-0.39, 0.29) is 4.88 Å². The van der Waals surface area contributed by atoms with Gasteiger partial charge < -0.3 is 15.2 Å². The lowest BCUT2D eigenvalue weighted by atomic mass is 10.1. The Labute approximate surface area is 119 Å². The minimum absolute atomic E-state index is 0.269. The van der Waals surface area contributed by atoms with Crippen LogP contribution in [0.2, 0.25) is 0 Å². The van der Waals surface area contributed by atoms with Gasteiger partial charge in [0, 0.05) is 4.88 Å². The van der Waals surface area contributed by atoms with E-state index >= 15 is 0 Å². The van der Waals surface area contributed by atoms with E-state index in [1.165, 1.54) is 20.3 Å². The molecule has 0 saturated carbocycles. The summed E-state index contributed by atoms with van der Waals surface area (Å²) in [5.41, 5.74) is 7.16. The van der Waals surface area contributed by atoms with Gasteiger partial charge in [-0.3, -0.25) is 0 Å². The number of ether oxygens (including phenoxy) is 2. The van der Waals surface area contributed by atoms with Crippen molar-refractivity contribution in [2.75, 3.05) is 20.0 Å². The maximum absolute atomic E-state index is 14.1. The summed E-state index contributed by atoms with van der Waals surface area (Å²) in [4.78, 5) is 12.5. The van der Waals surface area contributed by atoms with Crippen molar-refractivity contribution in [2.45, 2.75) is 6.92 Å². The number of methoxy groups -OCH3 is 2. The van der Waals surface area contributed by atoms with Crippen LogP contribution in [-0.4, -0.2) is 20.2 Å². The Kier molecular flexibility index (Phi) is 3.94. The molecular formula is C14H14FNO3S. The molecule has 6 heteroatoms. The third-order valence-corrected chi connectivity index (χ3v) is 4.29. The second-order valence-corrected chi connectivity index (χ2v) is 5.13. The zero-order chi connectivity index (χ0) is 14.9. The number of halogens is 1. The van der Waals surface area contributed by atoms with Crippen molar-refractivity contribution in [3.8, 4) is 16.2 Å². The number of esters is 1. The van der Waals surface area contributed by atoms with Crippen LogP contribution in [0.15, 0.2) is 18.2 Å². The first-order valence-electron chi connectivity index (χ1n) is 5.81. The van der Waals surface area contributed by atoms with Gasteiger partial charge in [-0.2, -0.15) is 0 Å². The topological polar surface area (TPSA) is 61.5 Å². The molecule has 2 rings (SSSR count). The summed E-state index contributed by atoms with van der Waals surface area (Å²) in [6, 6.07) is 4.56. The normalized spacial score (nSPS) is 10.4. The van der Waals surface area contributed by atoms with Crippen molar-refractivity contribution in [1.82, 2.24) is 0 Å². The smallest absolute Gasteiger partial charge is 0.350 e. The summed E-state index contributed by atoms with van der Waals surface area (Å²) in [6.07, 6.45) is 0. The molecule has 0 unspecified atom stereocenters. The van der Waals surface area contributed by atoms with Crippen molar-refractivity contribution >= 4 is 23.0 Å². The lowest BCUT2D eigenvalue weighted by Crippen LogP contribution is -2.01. The molecule has 0 saturated heterocycles. The molecule has 20 heavy (non-hydrogen) atoms. The number of carbonyl (C=O) groups excluding carboxylic acids is 1. The Bertz CT molecular complexity index is 667. The van der Waals surface area contributed by atoms with Crippen molar-refractivity contribution < 1.29 is 18.7 Å². The van der Waals surface area contributed by atoms with Gasteiger partial charge in [-0.15, -0.1) is 11.3 Å². The van der Waals surface area contributed by atoms with E-state index in [1.54, 1.807) is 19.1 Å². The van der Waals surface area contributed by atoms with Crippen LogP contribution >= 0.6 is 11.3 Å². The number of hydrogen-bond donors (Lipinski definition) is 1. The summed E-state index contributed by atoms with van der Waals surface area (Å²) in [5.74, 6) is -0.562. The number of nitrogen functional groups attached to an aromatic ring is 1. The van der Waals surface area contributed by atoms with Gasteiger partial charge in [0.1, 0.15) is 16.4 Å². The lowest BCUT2D eigenvalue weighted by Gasteiger charge is -2.08. The Balaban J connectivity index is 2.69. The van der Waals surface area contributed by atoms with Crippen LogP contribution < -0.4 is 10.5 Å². The van der Waals surface area contributed by atoms with Crippen LogP contribution in [0.4, 0.5) is 10.1 Å². The zero-order valence-electron chi connectivity index (χ0n) is 11.3. The van der Waals surface area contributed by atoms with Crippen LogP contribution in [-0.2, 0) is 4.74 Å². The molecule has 0 amide bonds. The van der Waals surface area contributed by atoms with Crippen molar-refractivity contribution in [3.05, 3.63) is 34.5 Å². The molecule has 0 atom stereocenters. The predicted octanol–water partition coefficient (Wildman–Crippen LogP) is 3.24. The van der Waals surface area contributed by atoms with Gasteiger partial charge in [-0.05, 0) is 24.6 Å². The Hall–Kier alpha value is -2.08. The molecule has 0 fully saturated rings. The molecule has 0 spiro atoms. The maximum atomic E-state index is 14.1. The number of hydrogen-bond acceptors (Lipinski definition) is 5. The molecule has 0 bridgehead atoms. The SMILES string of the molecule is COC(=O)c1sc(-c2c(F)cccc2OC)c(C)c1N. The van der Waals surface area contributed by atoms with Crippen molar-refractivity contribution in [2.24, 2.45) is 0 Å². The van der Waals surface area contributed by atoms with E-state index in [2.05, 4.69) is 4.74 Å². The van der Waals surface area contributed by atoms with Gasteiger partial charge in [0.15, 0.2) is 0 Å². The predicted molar refractivity (Wildman–Crippen MR) is 76.8 cm³/mol. The summed E-state index contributed by atoms with van der Waals surface area (Å²) in [5, 5.41) is 0. The first-order chi connectivity index (χ1) is 9.51. The average molecular weight is 295 g/mol. The second kappa shape index (κ2) is 5.50. The monoisotopic (exact) mass is 295 g/mol. The molecule has 106 valence electrons. The fourth-order valence-corrected chi connectivity index (χ4v) is 3.10. The highest BCUT2D eigenvalue weighted by Crippen LogP contribution is 2.43. The quantitative estimate of drug-likeness (QED) is 0.883. The fraction of sp³-hybridized carbons (Fsp3) is 0.214. The molecule has 0 aliphatic heterocycles. The van der Waals surface area contributed by atoms with Crippen LogP contribution in [0.5, 0.6) is 5.75 Å². The third kappa shape index (κ3) is 2.22. The van der Waals surface area contributed by atoms with Gasteiger partial charge in [0.2, 0.25) is 0 Å². The highest BCUT2D eigenvalue weighted by atomic mass is 32.1. The molecule has 0 aliphatic carbocycles. The standard InChI is InChI=1S/C14H14FNO3S/c1-7-11(16)13(14(17)19-3)20-12(7)10-8(15)5-4-6-9(10)18-2/h4-6H,16H2,1-3H3. The summed E-state index contributed by atoms with van der Waals surface area (Å²) < 4.78 is 24.0. The fourth-order valence-electron chi connectivity index (χ4n) is 1.90. The molecule has 1 heterocycles.